The molecule has 0 saturated heterocycles. The molecule has 1 N–H and O–H groups in total. The SMILES string of the molecule is Cc1ccc2nc(C)c(C(=O)NCc3c(C)nn(-c4ccccc4)c3C)cc2c1. The zero-order chi connectivity index (χ0) is 20.5. The van der Waals surface area contributed by atoms with Crippen molar-refractivity contribution in [2.75, 3.05) is 0 Å². The maximum Gasteiger partial charge on any atom is 0.253 e. The molecule has 0 aliphatic heterocycles. The lowest BCUT2D eigenvalue weighted by Gasteiger charge is -2.10. The zero-order valence-corrected chi connectivity index (χ0v) is 17.2. The van der Waals surface area contributed by atoms with E-state index in [4.69, 9.17) is 0 Å². The highest BCUT2D eigenvalue weighted by molar-refractivity contribution is 5.98. The lowest BCUT2D eigenvalue weighted by atomic mass is 10.1. The molecule has 5 heteroatoms. The summed E-state index contributed by atoms with van der Waals surface area (Å²) in [4.78, 5) is 17.5. The summed E-state index contributed by atoms with van der Waals surface area (Å²) < 4.78 is 1.92. The monoisotopic (exact) mass is 384 g/mol. The van der Waals surface area contributed by atoms with E-state index in [9.17, 15) is 4.79 Å². The summed E-state index contributed by atoms with van der Waals surface area (Å²) in [6.07, 6.45) is 0. The third-order valence-electron chi connectivity index (χ3n) is 5.27. The van der Waals surface area contributed by atoms with E-state index in [0.717, 1.165) is 44.8 Å². The summed E-state index contributed by atoms with van der Waals surface area (Å²) in [5, 5.41) is 8.68. The predicted molar refractivity (Wildman–Crippen MR) is 115 cm³/mol. The Morgan fingerprint density at radius 3 is 2.48 bits per heavy atom. The number of nitrogens with zero attached hydrogens (tertiary/aromatic N) is 3. The number of amides is 1. The van der Waals surface area contributed by atoms with Gasteiger partial charge in [-0.1, -0.05) is 29.8 Å². The molecule has 2 aromatic heterocycles. The van der Waals surface area contributed by atoms with E-state index < -0.39 is 0 Å². The second-order valence-corrected chi connectivity index (χ2v) is 7.40. The van der Waals surface area contributed by atoms with E-state index in [1.165, 1.54) is 0 Å². The maximum atomic E-state index is 12.9. The highest BCUT2D eigenvalue weighted by Gasteiger charge is 2.16. The molecule has 4 rings (SSSR count). The van der Waals surface area contributed by atoms with Crippen LogP contribution in [0.2, 0.25) is 0 Å². The molecule has 146 valence electrons. The van der Waals surface area contributed by atoms with E-state index in [-0.39, 0.29) is 5.91 Å². The minimum Gasteiger partial charge on any atom is -0.348 e. The largest absolute Gasteiger partial charge is 0.348 e. The number of rotatable bonds is 4. The Kier molecular flexibility index (Phi) is 4.89. The first-order valence-electron chi connectivity index (χ1n) is 9.71. The highest BCUT2D eigenvalue weighted by Crippen LogP contribution is 2.20. The number of benzene rings is 2. The van der Waals surface area contributed by atoms with Gasteiger partial charge in [0.2, 0.25) is 0 Å². The van der Waals surface area contributed by atoms with E-state index >= 15 is 0 Å². The average Bonchev–Trinajstić information content (AvgIpc) is 3.00. The van der Waals surface area contributed by atoms with Gasteiger partial charge < -0.3 is 5.32 Å². The van der Waals surface area contributed by atoms with Crippen molar-refractivity contribution >= 4 is 16.8 Å². The fourth-order valence-electron chi connectivity index (χ4n) is 3.64. The molecule has 0 saturated carbocycles. The van der Waals surface area contributed by atoms with Crippen molar-refractivity contribution in [1.82, 2.24) is 20.1 Å². The molecular weight excluding hydrogens is 360 g/mol. The number of hydrogen-bond donors (Lipinski definition) is 1. The van der Waals surface area contributed by atoms with Crippen LogP contribution in [-0.2, 0) is 6.54 Å². The number of carbonyl (C=O) groups is 1. The van der Waals surface area contributed by atoms with Crippen LogP contribution >= 0.6 is 0 Å². The standard InChI is InChI=1S/C24H24N4O/c1-15-10-11-23-19(12-15)13-21(16(2)26-23)24(29)25-14-22-17(3)27-28(18(22)4)20-8-6-5-7-9-20/h5-13H,14H2,1-4H3,(H,25,29). The predicted octanol–water partition coefficient (Wildman–Crippen LogP) is 4.58. The zero-order valence-electron chi connectivity index (χ0n) is 17.2. The molecule has 4 aromatic rings. The molecule has 0 spiro atoms. The van der Waals surface area contributed by atoms with Gasteiger partial charge >= 0.3 is 0 Å². The van der Waals surface area contributed by atoms with E-state index in [1.54, 1.807) is 0 Å². The molecule has 0 unspecified atom stereocenters. The van der Waals surface area contributed by atoms with Gasteiger partial charge in [0.1, 0.15) is 0 Å². The van der Waals surface area contributed by atoms with Crippen molar-refractivity contribution in [3.8, 4) is 5.69 Å². The quantitative estimate of drug-likeness (QED) is 0.560. The summed E-state index contributed by atoms with van der Waals surface area (Å²) >= 11 is 0. The van der Waals surface area contributed by atoms with Gasteiger partial charge in [-0.2, -0.15) is 5.10 Å². The first kappa shape index (κ1) is 18.9. The number of aromatic nitrogens is 3. The van der Waals surface area contributed by atoms with Crippen LogP contribution in [0.3, 0.4) is 0 Å². The number of nitrogens with one attached hydrogen (secondary N) is 1. The smallest absolute Gasteiger partial charge is 0.253 e. The molecule has 0 aliphatic rings. The van der Waals surface area contributed by atoms with Gasteiger partial charge in [-0.25, -0.2) is 4.68 Å². The molecule has 2 heterocycles. The van der Waals surface area contributed by atoms with Crippen molar-refractivity contribution in [3.05, 3.63) is 88.4 Å². The molecule has 29 heavy (non-hydrogen) atoms. The number of carbonyl (C=O) groups excluding carboxylic acids is 1. The van der Waals surface area contributed by atoms with Crippen LogP contribution in [0.1, 0.15) is 38.6 Å². The summed E-state index contributed by atoms with van der Waals surface area (Å²) in [5.74, 6) is -0.121. The summed E-state index contributed by atoms with van der Waals surface area (Å²) in [5.41, 5.74) is 7.37. The minimum absolute atomic E-state index is 0.121. The van der Waals surface area contributed by atoms with E-state index in [0.29, 0.717) is 12.1 Å². The van der Waals surface area contributed by atoms with Crippen molar-refractivity contribution < 1.29 is 4.79 Å². The molecule has 2 aromatic carbocycles. The van der Waals surface area contributed by atoms with Crippen LogP contribution in [0.4, 0.5) is 0 Å². The first-order valence-corrected chi connectivity index (χ1v) is 9.71. The molecule has 5 nitrogen and oxygen atoms in total. The van der Waals surface area contributed by atoms with Crippen molar-refractivity contribution in [3.63, 3.8) is 0 Å². The Morgan fingerprint density at radius 2 is 1.72 bits per heavy atom. The van der Waals surface area contributed by atoms with Crippen LogP contribution in [0.15, 0.2) is 54.6 Å². The van der Waals surface area contributed by atoms with E-state index in [2.05, 4.69) is 21.5 Å². The summed E-state index contributed by atoms with van der Waals surface area (Å²) in [6.45, 7) is 8.33. The molecule has 0 aliphatic carbocycles. The number of pyridine rings is 1. The molecule has 0 fully saturated rings. The molecular formula is C24H24N4O. The van der Waals surface area contributed by atoms with Crippen molar-refractivity contribution in [2.24, 2.45) is 0 Å². The summed E-state index contributed by atoms with van der Waals surface area (Å²) in [7, 11) is 0. The van der Waals surface area contributed by atoms with Crippen LogP contribution in [0.25, 0.3) is 16.6 Å². The Morgan fingerprint density at radius 1 is 0.966 bits per heavy atom. The Hall–Kier alpha value is -3.47. The van der Waals surface area contributed by atoms with Crippen LogP contribution < -0.4 is 5.32 Å². The number of aryl methyl sites for hydroxylation is 3. The second-order valence-electron chi connectivity index (χ2n) is 7.40. The summed E-state index contributed by atoms with van der Waals surface area (Å²) in [6, 6.07) is 18.0. The fourth-order valence-corrected chi connectivity index (χ4v) is 3.64. The first-order chi connectivity index (χ1) is 13.9. The average molecular weight is 384 g/mol. The van der Waals surface area contributed by atoms with Crippen molar-refractivity contribution in [1.29, 1.82) is 0 Å². The van der Waals surface area contributed by atoms with E-state index in [1.807, 2.05) is 80.9 Å². The van der Waals surface area contributed by atoms with Gasteiger partial charge in [0.15, 0.2) is 0 Å². The van der Waals surface area contributed by atoms with Gasteiger partial charge in [0.05, 0.1) is 28.2 Å². The Labute approximate surface area is 170 Å². The third-order valence-corrected chi connectivity index (χ3v) is 5.27. The van der Waals surface area contributed by atoms with Gasteiger partial charge in [-0.3, -0.25) is 9.78 Å². The second kappa shape index (κ2) is 7.51. The Balaban J connectivity index is 1.58. The van der Waals surface area contributed by atoms with Gasteiger partial charge in [0, 0.05) is 23.2 Å². The topological polar surface area (TPSA) is 59.8 Å². The number of fused-ring (bicyclic) bond motifs is 1. The lowest BCUT2D eigenvalue weighted by molar-refractivity contribution is 0.0950. The highest BCUT2D eigenvalue weighted by atomic mass is 16.1. The lowest BCUT2D eigenvalue weighted by Crippen LogP contribution is -2.24. The maximum absolute atomic E-state index is 12.9. The van der Waals surface area contributed by atoms with Crippen LogP contribution in [0, 0.1) is 27.7 Å². The molecule has 0 atom stereocenters. The van der Waals surface area contributed by atoms with Crippen molar-refractivity contribution in [2.45, 2.75) is 34.2 Å². The molecule has 0 radical (unpaired) electrons. The number of hydrogen-bond acceptors (Lipinski definition) is 3. The number of para-hydroxylation sites is 1. The fraction of sp³-hybridized carbons (Fsp3) is 0.208. The van der Waals surface area contributed by atoms with Gasteiger partial charge in [-0.05, 0) is 58.0 Å². The van der Waals surface area contributed by atoms with Gasteiger partial charge in [0.25, 0.3) is 5.91 Å². The normalized spacial score (nSPS) is 11.0. The minimum atomic E-state index is -0.121. The molecule has 0 bridgehead atoms. The third kappa shape index (κ3) is 3.63. The van der Waals surface area contributed by atoms with Crippen LogP contribution in [-0.4, -0.2) is 20.7 Å². The van der Waals surface area contributed by atoms with Crippen LogP contribution in [0.5, 0.6) is 0 Å². The van der Waals surface area contributed by atoms with Gasteiger partial charge in [-0.15, -0.1) is 0 Å². The molecule has 1 amide bonds. The Bertz CT molecular complexity index is 1210.